The summed E-state index contributed by atoms with van der Waals surface area (Å²) in [5.74, 6) is -0.112. The lowest BCUT2D eigenvalue weighted by Crippen LogP contribution is -2.17. The van der Waals surface area contributed by atoms with E-state index < -0.39 is 0 Å². The Balaban J connectivity index is 2.05. The molecular formula is C16H16N4O. The number of rotatable bonds is 3. The normalized spacial score (nSPS) is 10.8. The van der Waals surface area contributed by atoms with E-state index in [0.717, 1.165) is 22.3 Å². The summed E-state index contributed by atoms with van der Waals surface area (Å²) >= 11 is 0. The maximum Gasteiger partial charge on any atom is 0.251 e. The highest BCUT2D eigenvalue weighted by Crippen LogP contribution is 2.20. The van der Waals surface area contributed by atoms with Gasteiger partial charge in [-0.15, -0.1) is 0 Å². The van der Waals surface area contributed by atoms with Crippen LogP contribution >= 0.6 is 0 Å². The van der Waals surface area contributed by atoms with Crippen LogP contribution in [0.4, 0.5) is 0 Å². The summed E-state index contributed by atoms with van der Waals surface area (Å²) in [6.07, 6.45) is 1.76. The number of imidazole rings is 1. The van der Waals surface area contributed by atoms with Crippen LogP contribution in [0.15, 0.2) is 48.8 Å². The lowest BCUT2D eigenvalue weighted by Gasteiger charge is -2.06. The molecule has 0 fully saturated rings. The molecule has 0 bridgehead atoms. The van der Waals surface area contributed by atoms with Gasteiger partial charge in [0.25, 0.3) is 5.91 Å². The Hall–Kier alpha value is -2.66. The second-order valence-corrected chi connectivity index (χ2v) is 4.77. The molecule has 106 valence electrons. The van der Waals surface area contributed by atoms with E-state index in [2.05, 4.69) is 10.3 Å². The van der Waals surface area contributed by atoms with Gasteiger partial charge < -0.3 is 11.1 Å². The Morgan fingerprint density at radius 3 is 2.67 bits per heavy atom. The molecule has 1 aromatic heterocycles. The van der Waals surface area contributed by atoms with Crippen LogP contribution in [0.3, 0.4) is 0 Å². The highest BCUT2D eigenvalue weighted by Gasteiger charge is 2.08. The zero-order chi connectivity index (χ0) is 14.8. The summed E-state index contributed by atoms with van der Waals surface area (Å²) in [4.78, 5) is 16.0. The maximum atomic E-state index is 11.6. The van der Waals surface area contributed by atoms with Gasteiger partial charge in [0.1, 0.15) is 6.33 Å². The Morgan fingerprint density at radius 1 is 1.24 bits per heavy atom. The summed E-state index contributed by atoms with van der Waals surface area (Å²) in [5.41, 5.74) is 10.1. The first-order chi connectivity index (χ1) is 10.2. The van der Waals surface area contributed by atoms with Gasteiger partial charge in [-0.3, -0.25) is 9.36 Å². The summed E-state index contributed by atoms with van der Waals surface area (Å²) in [6.45, 7) is 0.528. The summed E-state index contributed by atoms with van der Waals surface area (Å²) < 4.78 is 1.99. The van der Waals surface area contributed by atoms with E-state index in [9.17, 15) is 4.79 Å². The topological polar surface area (TPSA) is 72.9 Å². The Labute approximate surface area is 122 Å². The van der Waals surface area contributed by atoms with Gasteiger partial charge >= 0.3 is 0 Å². The second kappa shape index (κ2) is 5.38. The number of fused-ring (bicyclic) bond motifs is 1. The number of nitrogens with zero attached hydrogens (tertiary/aromatic N) is 2. The minimum absolute atomic E-state index is 0.112. The van der Waals surface area contributed by atoms with Crippen molar-refractivity contribution in [2.24, 2.45) is 5.73 Å². The minimum Gasteiger partial charge on any atom is -0.355 e. The number of hydrogen-bond acceptors (Lipinski definition) is 3. The van der Waals surface area contributed by atoms with E-state index in [4.69, 9.17) is 5.73 Å². The van der Waals surface area contributed by atoms with Gasteiger partial charge in [0.2, 0.25) is 0 Å². The van der Waals surface area contributed by atoms with Crippen molar-refractivity contribution in [3.63, 3.8) is 0 Å². The van der Waals surface area contributed by atoms with Crippen molar-refractivity contribution in [1.82, 2.24) is 14.9 Å². The van der Waals surface area contributed by atoms with Gasteiger partial charge in [0, 0.05) is 24.8 Å². The molecule has 0 unspecified atom stereocenters. The molecule has 2 aromatic carbocycles. The molecule has 0 aliphatic carbocycles. The summed E-state index contributed by atoms with van der Waals surface area (Å²) in [7, 11) is 1.62. The summed E-state index contributed by atoms with van der Waals surface area (Å²) in [6, 6.07) is 13.5. The quantitative estimate of drug-likeness (QED) is 0.769. The number of aromatic nitrogens is 2. The van der Waals surface area contributed by atoms with Crippen LogP contribution in [0.2, 0.25) is 0 Å². The Morgan fingerprint density at radius 2 is 2.00 bits per heavy atom. The molecule has 3 aromatic rings. The molecule has 0 aliphatic heterocycles. The molecule has 0 atom stereocenters. The highest BCUT2D eigenvalue weighted by atomic mass is 16.1. The first-order valence-corrected chi connectivity index (χ1v) is 6.71. The van der Waals surface area contributed by atoms with Crippen molar-refractivity contribution >= 4 is 16.9 Å². The maximum absolute atomic E-state index is 11.6. The average Bonchev–Trinajstić information content (AvgIpc) is 2.97. The van der Waals surface area contributed by atoms with Crippen molar-refractivity contribution < 1.29 is 4.79 Å². The molecule has 0 saturated carbocycles. The van der Waals surface area contributed by atoms with Crippen LogP contribution in [-0.2, 0) is 6.54 Å². The number of carbonyl (C=O) groups excluding carboxylic acids is 1. The predicted octanol–water partition coefficient (Wildman–Crippen LogP) is 1.84. The van der Waals surface area contributed by atoms with Crippen LogP contribution in [0.1, 0.15) is 15.9 Å². The second-order valence-electron chi connectivity index (χ2n) is 4.77. The fourth-order valence-corrected chi connectivity index (χ4v) is 2.30. The number of carbonyl (C=O) groups is 1. The molecule has 5 heteroatoms. The van der Waals surface area contributed by atoms with Crippen LogP contribution in [0, 0.1) is 0 Å². The molecule has 3 N–H and O–H groups in total. The van der Waals surface area contributed by atoms with E-state index in [1.54, 1.807) is 25.5 Å². The zero-order valence-electron chi connectivity index (χ0n) is 11.7. The number of nitrogens with one attached hydrogen (secondary N) is 1. The third-order valence-corrected chi connectivity index (χ3v) is 3.49. The predicted molar refractivity (Wildman–Crippen MR) is 82.4 cm³/mol. The van der Waals surface area contributed by atoms with E-state index >= 15 is 0 Å². The van der Waals surface area contributed by atoms with Crippen molar-refractivity contribution in [3.8, 4) is 5.69 Å². The molecule has 1 heterocycles. The molecule has 3 rings (SSSR count). The molecule has 5 nitrogen and oxygen atoms in total. The van der Waals surface area contributed by atoms with Gasteiger partial charge in [0.05, 0.1) is 11.0 Å². The highest BCUT2D eigenvalue weighted by molar-refractivity contribution is 5.97. The van der Waals surface area contributed by atoms with Gasteiger partial charge in [-0.1, -0.05) is 12.1 Å². The van der Waals surface area contributed by atoms with E-state index in [1.165, 1.54) is 0 Å². The summed E-state index contributed by atoms with van der Waals surface area (Å²) in [5, 5.41) is 2.61. The molecule has 0 saturated heterocycles. The standard InChI is InChI=1S/C16H16N4O/c1-18-16(21)12-4-7-15-14(8-12)19-10-20(15)13-5-2-11(9-17)3-6-13/h2-8,10H,9,17H2,1H3,(H,18,21). The number of hydrogen-bond donors (Lipinski definition) is 2. The monoisotopic (exact) mass is 280 g/mol. The third kappa shape index (κ3) is 2.39. The Bertz CT molecular complexity index is 790. The molecule has 1 amide bonds. The van der Waals surface area contributed by atoms with Crippen molar-refractivity contribution in [1.29, 1.82) is 0 Å². The first kappa shape index (κ1) is 13.3. The SMILES string of the molecule is CNC(=O)c1ccc2c(c1)ncn2-c1ccc(CN)cc1. The molecule has 0 spiro atoms. The fraction of sp³-hybridized carbons (Fsp3) is 0.125. The van der Waals surface area contributed by atoms with E-state index in [0.29, 0.717) is 12.1 Å². The largest absolute Gasteiger partial charge is 0.355 e. The van der Waals surface area contributed by atoms with Gasteiger partial charge in [-0.25, -0.2) is 4.98 Å². The van der Waals surface area contributed by atoms with Crippen molar-refractivity contribution in [2.45, 2.75) is 6.54 Å². The van der Waals surface area contributed by atoms with Crippen molar-refractivity contribution in [2.75, 3.05) is 7.05 Å². The van der Waals surface area contributed by atoms with Crippen LogP contribution in [0.5, 0.6) is 0 Å². The number of nitrogens with two attached hydrogens (primary N) is 1. The molecule has 0 aliphatic rings. The number of amides is 1. The average molecular weight is 280 g/mol. The van der Waals surface area contributed by atoms with Crippen molar-refractivity contribution in [3.05, 3.63) is 59.9 Å². The van der Waals surface area contributed by atoms with E-state index in [-0.39, 0.29) is 5.91 Å². The Kier molecular flexibility index (Phi) is 3.41. The van der Waals surface area contributed by atoms with Crippen LogP contribution in [0.25, 0.3) is 16.7 Å². The minimum atomic E-state index is -0.112. The number of benzene rings is 2. The lowest BCUT2D eigenvalue weighted by molar-refractivity contribution is 0.0963. The lowest BCUT2D eigenvalue weighted by atomic mass is 10.1. The fourth-order valence-electron chi connectivity index (χ4n) is 2.30. The van der Waals surface area contributed by atoms with Crippen LogP contribution in [-0.4, -0.2) is 22.5 Å². The van der Waals surface area contributed by atoms with Gasteiger partial charge in [-0.05, 0) is 35.9 Å². The van der Waals surface area contributed by atoms with Gasteiger partial charge in [-0.2, -0.15) is 0 Å². The third-order valence-electron chi connectivity index (χ3n) is 3.49. The molecule has 0 radical (unpaired) electrons. The zero-order valence-corrected chi connectivity index (χ0v) is 11.7. The molecular weight excluding hydrogens is 264 g/mol. The first-order valence-electron chi connectivity index (χ1n) is 6.71. The van der Waals surface area contributed by atoms with Gasteiger partial charge in [0.15, 0.2) is 0 Å². The van der Waals surface area contributed by atoms with E-state index in [1.807, 2.05) is 34.9 Å². The smallest absolute Gasteiger partial charge is 0.251 e. The van der Waals surface area contributed by atoms with Crippen LogP contribution < -0.4 is 11.1 Å². The molecule has 21 heavy (non-hydrogen) atoms.